The molecule has 0 atom stereocenters. The smallest absolute Gasteiger partial charge is 0.144 e. The van der Waals surface area contributed by atoms with Gasteiger partial charge < -0.3 is 4.40 Å². The van der Waals surface area contributed by atoms with E-state index in [1.807, 2.05) is 12.4 Å². The Balaban J connectivity index is 2.53. The second-order valence-electron chi connectivity index (χ2n) is 4.43. The van der Waals surface area contributed by atoms with E-state index in [4.69, 9.17) is 0 Å². The highest BCUT2D eigenvalue weighted by Gasteiger charge is 2.08. The molecule has 0 saturated carbocycles. The lowest BCUT2D eigenvalue weighted by molar-refractivity contribution is 0.805. The fourth-order valence-corrected chi connectivity index (χ4v) is 2.21. The lowest BCUT2D eigenvalue weighted by atomic mass is 10.1. The topological polar surface area (TPSA) is 17.3 Å². The molecule has 0 saturated heterocycles. The fourth-order valence-electron chi connectivity index (χ4n) is 2.21. The molecule has 3 rings (SSSR count). The van der Waals surface area contributed by atoms with Crippen molar-refractivity contribution in [3.05, 3.63) is 48.4 Å². The Morgan fingerprint density at radius 1 is 1.19 bits per heavy atom. The molecule has 1 aromatic carbocycles. The van der Waals surface area contributed by atoms with E-state index in [0.717, 1.165) is 5.65 Å². The van der Waals surface area contributed by atoms with Gasteiger partial charge in [-0.3, -0.25) is 0 Å². The van der Waals surface area contributed by atoms with Crippen molar-refractivity contribution in [2.24, 2.45) is 0 Å². The molecule has 0 unspecified atom stereocenters. The van der Waals surface area contributed by atoms with Crippen LogP contribution in [-0.2, 0) is 0 Å². The van der Waals surface area contributed by atoms with E-state index in [1.54, 1.807) is 0 Å². The summed E-state index contributed by atoms with van der Waals surface area (Å²) >= 11 is 0. The average molecular weight is 210 g/mol. The summed E-state index contributed by atoms with van der Waals surface area (Å²) in [4.78, 5) is 4.45. The molecule has 2 heterocycles. The van der Waals surface area contributed by atoms with Crippen molar-refractivity contribution in [1.82, 2.24) is 9.38 Å². The fraction of sp³-hybridized carbons (Fsp3) is 0.214. The quantitative estimate of drug-likeness (QED) is 0.599. The number of nitrogens with zero attached hydrogens (tertiary/aromatic N) is 2. The predicted octanol–water partition coefficient (Wildman–Crippen LogP) is 3.61. The van der Waals surface area contributed by atoms with Crippen molar-refractivity contribution in [3.63, 3.8) is 0 Å². The Hall–Kier alpha value is -1.83. The van der Waals surface area contributed by atoms with E-state index in [2.05, 4.69) is 53.6 Å². The first-order chi connectivity index (χ1) is 7.77. The second kappa shape index (κ2) is 3.34. The predicted molar refractivity (Wildman–Crippen MR) is 66.8 cm³/mol. The monoisotopic (exact) mass is 210 g/mol. The van der Waals surface area contributed by atoms with Crippen LogP contribution in [0.25, 0.3) is 16.4 Å². The first kappa shape index (κ1) is 9.40. The Labute approximate surface area is 94.5 Å². The Kier molecular flexibility index (Phi) is 1.96. The van der Waals surface area contributed by atoms with E-state index in [9.17, 15) is 0 Å². The van der Waals surface area contributed by atoms with E-state index >= 15 is 0 Å². The molecule has 0 aliphatic carbocycles. The molecule has 0 aliphatic heterocycles. The van der Waals surface area contributed by atoms with Crippen LogP contribution in [0.5, 0.6) is 0 Å². The van der Waals surface area contributed by atoms with Gasteiger partial charge in [-0.05, 0) is 17.4 Å². The number of hydrogen-bond acceptors (Lipinski definition) is 1. The largest absolute Gasteiger partial charge is 0.303 e. The SMILES string of the molecule is CC(C)c1cc2ccccc2c2nccn12. The lowest BCUT2D eigenvalue weighted by Gasteiger charge is -2.11. The van der Waals surface area contributed by atoms with Crippen LogP contribution >= 0.6 is 0 Å². The minimum Gasteiger partial charge on any atom is -0.303 e. The highest BCUT2D eigenvalue weighted by molar-refractivity contribution is 5.94. The molecule has 0 radical (unpaired) electrons. The van der Waals surface area contributed by atoms with Crippen LogP contribution in [0.2, 0.25) is 0 Å². The van der Waals surface area contributed by atoms with E-state index in [0.29, 0.717) is 5.92 Å². The number of fused-ring (bicyclic) bond motifs is 3. The average Bonchev–Trinajstić information content (AvgIpc) is 2.76. The van der Waals surface area contributed by atoms with Crippen molar-refractivity contribution < 1.29 is 0 Å². The number of hydrogen-bond donors (Lipinski definition) is 0. The summed E-state index contributed by atoms with van der Waals surface area (Å²) in [5, 5.41) is 2.49. The molecule has 0 bridgehead atoms. The second-order valence-corrected chi connectivity index (χ2v) is 4.43. The number of benzene rings is 1. The van der Waals surface area contributed by atoms with Gasteiger partial charge in [-0.15, -0.1) is 0 Å². The van der Waals surface area contributed by atoms with Gasteiger partial charge in [0.25, 0.3) is 0 Å². The van der Waals surface area contributed by atoms with Gasteiger partial charge in [-0.1, -0.05) is 38.1 Å². The van der Waals surface area contributed by atoms with E-state index in [1.165, 1.54) is 16.5 Å². The normalized spacial score (nSPS) is 11.7. The van der Waals surface area contributed by atoms with Crippen LogP contribution < -0.4 is 0 Å². The third-order valence-corrected chi connectivity index (χ3v) is 3.02. The van der Waals surface area contributed by atoms with Crippen LogP contribution in [0.3, 0.4) is 0 Å². The molecule has 0 amide bonds. The highest BCUT2D eigenvalue weighted by atomic mass is 15.0. The Morgan fingerprint density at radius 3 is 2.81 bits per heavy atom. The molecule has 0 N–H and O–H groups in total. The van der Waals surface area contributed by atoms with E-state index < -0.39 is 0 Å². The van der Waals surface area contributed by atoms with Crippen molar-refractivity contribution in [2.45, 2.75) is 19.8 Å². The minimum absolute atomic E-state index is 0.501. The Bertz CT molecular complexity index is 650. The first-order valence-electron chi connectivity index (χ1n) is 5.62. The van der Waals surface area contributed by atoms with Crippen molar-refractivity contribution >= 4 is 16.4 Å². The van der Waals surface area contributed by atoms with Crippen LogP contribution in [0.15, 0.2) is 42.7 Å². The van der Waals surface area contributed by atoms with Crippen molar-refractivity contribution in [1.29, 1.82) is 0 Å². The molecule has 0 spiro atoms. The van der Waals surface area contributed by atoms with Crippen molar-refractivity contribution in [2.75, 3.05) is 0 Å². The summed E-state index contributed by atoms with van der Waals surface area (Å²) in [6, 6.07) is 10.7. The molecule has 16 heavy (non-hydrogen) atoms. The minimum atomic E-state index is 0.501. The Morgan fingerprint density at radius 2 is 2.00 bits per heavy atom. The van der Waals surface area contributed by atoms with Crippen LogP contribution in [0.1, 0.15) is 25.5 Å². The van der Waals surface area contributed by atoms with Crippen LogP contribution in [0.4, 0.5) is 0 Å². The van der Waals surface area contributed by atoms with E-state index in [-0.39, 0.29) is 0 Å². The van der Waals surface area contributed by atoms with Crippen LogP contribution in [-0.4, -0.2) is 9.38 Å². The summed E-state index contributed by atoms with van der Waals surface area (Å²) in [7, 11) is 0. The molecular weight excluding hydrogens is 196 g/mol. The third kappa shape index (κ3) is 1.23. The molecule has 0 fully saturated rings. The number of aromatic nitrogens is 2. The summed E-state index contributed by atoms with van der Waals surface area (Å²) in [6.07, 6.45) is 3.91. The van der Waals surface area contributed by atoms with Gasteiger partial charge in [-0.25, -0.2) is 4.98 Å². The van der Waals surface area contributed by atoms with Gasteiger partial charge in [0, 0.05) is 23.5 Å². The maximum atomic E-state index is 4.45. The molecule has 2 aromatic heterocycles. The summed E-state index contributed by atoms with van der Waals surface area (Å²) in [5.74, 6) is 0.501. The summed E-state index contributed by atoms with van der Waals surface area (Å²) in [6.45, 7) is 4.42. The zero-order chi connectivity index (χ0) is 11.1. The van der Waals surface area contributed by atoms with Gasteiger partial charge in [0.1, 0.15) is 5.65 Å². The number of rotatable bonds is 1. The zero-order valence-electron chi connectivity index (χ0n) is 9.51. The molecule has 80 valence electrons. The summed E-state index contributed by atoms with van der Waals surface area (Å²) in [5.41, 5.74) is 2.37. The third-order valence-electron chi connectivity index (χ3n) is 3.02. The lowest BCUT2D eigenvalue weighted by Crippen LogP contribution is -1.98. The maximum Gasteiger partial charge on any atom is 0.144 e. The number of pyridine rings is 1. The molecule has 2 heteroatoms. The maximum absolute atomic E-state index is 4.45. The standard InChI is InChI=1S/C14H14N2/c1-10(2)13-9-11-5-3-4-6-12(11)14-15-7-8-16(13)14/h3-10H,1-2H3. The highest BCUT2D eigenvalue weighted by Crippen LogP contribution is 2.24. The van der Waals surface area contributed by atoms with Crippen molar-refractivity contribution in [3.8, 4) is 0 Å². The van der Waals surface area contributed by atoms with Gasteiger partial charge in [0.15, 0.2) is 0 Å². The molecular formula is C14H14N2. The summed E-state index contributed by atoms with van der Waals surface area (Å²) < 4.78 is 2.19. The molecule has 2 nitrogen and oxygen atoms in total. The van der Waals surface area contributed by atoms with Gasteiger partial charge >= 0.3 is 0 Å². The first-order valence-corrected chi connectivity index (χ1v) is 5.62. The zero-order valence-corrected chi connectivity index (χ0v) is 9.51. The van der Waals surface area contributed by atoms with Gasteiger partial charge in [0.2, 0.25) is 0 Å². The molecule has 0 aliphatic rings. The van der Waals surface area contributed by atoms with Gasteiger partial charge in [0.05, 0.1) is 0 Å². The molecule has 3 aromatic rings. The van der Waals surface area contributed by atoms with Gasteiger partial charge in [-0.2, -0.15) is 0 Å². The number of imidazole rings is 1. The van der Waals surface area contributed by atoms with Crippen LogP contribution in [0, 0.1) is 0 Å².